The Morgan fingerprint density at radius 2 is 2.28 bits per heavy atom. The molecule has 0 spiro atoms. The van der Waals surface area contributed by atoms with Gasteiger partial charge in [0.2, 0.25) is 0 Å². The van der Waals surface area contributed by atoms with Crippen LogP contribution < -0.4 is 4.90 Å². The van der Waals surface area contributed by atoms with E-state index in [0.717, 1.165) is 18.5 Å². The molecule has 0 radical (unpaired) electrons. The average Bonchev–Trinajstić information content (AvgIpc) is 3.13. The Balaban J connectivity index is 2.34. The van der Waals surface area contributed by atoms with Crippen molar-refractivity contribution in [3.8, 4) is 6.07 Å². The van der Waals surface area contributed by atoms with Gasteiger partial charge >= 0.3 is 0 Å². The molecule has 0 bridgehead atoms. The largest absolute Gasteiger partial charge is 0.389 e. The second-order valence-electron chi connectivity index (χ2n) is 4.68. The maximum absolute atomic E-state index is 13.8. The molecule has 1 aliphatic rings. The van der Waals surface area contributed by atoms with Gasteiger partial charge < -0.3 is 10.0 Å². The second kappa shape index (κ2) is 5.36. The maximum atomic E-state index is 13.8. The Labute approximate surface area is 106 Å². The van der Waals surface area contributed by atoms with Crippen molar-refractivity contribution in [2.45, 2.75) is 38.3 Å². The van der Waals surface area contributed by atoms with Crippen LogP contribution in [0.3, 0.4) is 0 Å². The van der Waals surface area contributed by atoms with Crippen LogP contribution in [0.25, 0.3) is 0 Å². The number of nitrogens with zero attached hydrogens (tertiary/aromatic N) is 2. The SMILES string of the molecule is CC(O)c1c(F)cccc1N(CCC#N)C1CC1. The average molecular weight is 248 g/mol. The van der Waals surface area contributed by atoms with Crippen molar-refractivity contribution in [2.24, 2.45) is 0 Å². The molecule has 1 atom stereocenters. The predicted molar refractivity (Wildman–Crippen MR) is 67.6 cm³/mol. The van der Waals surface area contributed by atoms with Gasteiger partial charge in [-0.2, -0.15) is 5.26 Å². The Hall–Kier alpha value is -1.60. The van der Waals surface area contributed by atoms with Gasteiger partial charge in [-0.05, 0) is 31.9 Å². The number of hydrogen-bond acceptors (Lipinski definition) is 3. The van der Waals surface area contributed by atoms with Gasteiger partial charge in [-0.1, -0.05) is 6.07 Å². The summed E-state index contributed by atoms with van der Waals surface area (Å²) in [5, 5.41) is 18.4. The minimum atomic E-state index is -0.843. The van der Waals surface area contributed by atoms with Crippen molar-refractivity contribution in [1.29, 1.82) is 5.26 Å². The smallest absolute Gasteiger partial charge is 0.131 e. The zero-order valence-electron chi connectivity index (χ0n) is 10.4. The molecule has 1 N–H and O–H groups in total. The van der Waals surface area contributed by atoms with Crippen LogP contribution in [-0.4, -0.2) is 17.7 Å². The van der Waals surface area contributed by atoms with Crippen LogP contribution in [0.5, 0.6) is 0 Å². The Bertz CT molecular complexity index is 463. The second-order valence-corrected chi connectivity index (χ2v) is 4.68. The summed E-state index contributed by atoms with van der Waals surface area (Å²) in [6.45, 7) is 2.15. The van der Waals surface area contributed by atoms with Gasteiger partial charge in [-0.25, -0.2) is 4.39 Å². The zero-order chi connectivity index (χ0) is 13.1. The minimum absolute atomic E-state index is 0.335. The van der Waals surface area contributed by atoms with E-state index < -0.39 is 6.10 Å². The number of aliphatic hydroxyl groups is 1. The van der Waals surface area contributed by atoms with Crippen LogP contribution in [0.1, 0.15) is 37.9 Å². The minimum Gasteiger partial charge on any atom is -0.389 e. The number of anilines is 1. The highest BCUT2D eigenvalue weighted by atomic mass is 19.1. The standard InChI is InChI=1S/C14H17FN2O/c1-10(18)14-12(15)4-2-5-13(14)17(9-3-8-16)11-6-7-11/h2,4-5,10-11,18H,3,6-7,9H2,1H3. The van der Waals surface area contributed by atoms with Crippen molar-refractivity contribution < 1.29 is 9.50 Å². The van der Waals surface area contributed by atoms with E-state index in [2.05, 4.69) is 6.07 Å². The fourth-order valence-electron chi connectivity index (χ4n) is 2.25. The van der Waals surface area contributed by atoms with E-state index in [1.165, 1.54) is 6.07 Å². The highest BCUT2D eigenvalue weighted by Crippen LogP contribution is 2.36. The van der Waals surface area contributed by atoms with Gasteiger partial charge in [0.1, 0.15) is 5.82 Å². The van der Waals surface area contributed by atoms with Crippen molar-refractivity contribution in [3.05, 3.63) is 29.6 Å². The molecule has 1 fully saturated rings. The van der Waals surface area contributed by atoms with Crippen LogP contribution in [0.15, 0.2) is 18.2 Å². The first-order chi connectivity index (χ1) is 8.65. The fraction of sp³-hybridized carbons (Fsp3) is 0.500. The molecule has 1 aliphatic carbocycles. The summed E-state index contributed by atoms with van der Waals surface area (Å²) in [7, 11) is 0. The normalized spacial score (nSPS) is 16.1. The Kier molecular flexibility index (Phi) is 3.83. The Morgan fingerprint density at radius 3 is 2.83 bits per heavy atom. The number of halogens is 1. The molecule has 0 saturated heterocycles. The molecule has 0 amide bonds. The molecule has 0 aliphatic heterocycles. The molecule has 96 valence electrons. The van der Waals surface area contributed by atoms with Gasteiger partial charge in [0.25, 0.3) is 0 Å². The van der Waals surface area contributed by atoms with Gasteiger partial charge in [0, 0.05) is 23.8 Å². The number of benzene rings is 1. The number of aliphatic hydroxyl groups excluding tert-OH is 1. The number of nitriles is 1. The first-order valence-electron chi connectivity index (χ1n) is 6.25. The summed E-state index contributed by atoms with van der Waals surface area (Å²) in [6, 6.07) is 7.34. The zero-order valence-corrected chi connectivity index (χ0v) is 10.4. The van der Waals surface area contributed by atoms with Crippen LogP contribution >= 0.6 is 0 Å². The summed E-state index contributed by atoms with van der Waals surface area (Å²) < 4.78 is 13.8. The molecular weight excluding hydrogens is 231 g/mol. The Morgan fingerprint density at radius 1 is 1.56 bits per heavy atom. The summed E-state index contributed by atoms with van der Waals surface area (Å²) in [4.78, 5) is 2.05. The third-order valence-electron chi connectivity index (χ3n) is 3.21. The molecule has 1 aromatic rings. The maximum Gasteiger partial charge on any atom is 0.131 e. The van der Waals surface area contributed by atoms with Crippen LogP contribution in [0, 0.1) is 17.1 Å². The lowest BCUT2D eigenvalue weighted by Crippen LogP contribution is -2.28. The highest BCUT2D eigenvalue weighted by molar-refractivity contribution is 5.56. The van der Waals surface area contributed by atoms with Gasteiger partial charge in [0.15, 0.2) is 0 Å². The van der Waals surface area contributed by atoms with Crippen molar-refractivity contribution in [3.63, 3.8) is 0 Å². The van der Waals surface area contributed by atoms with Crippen LogP contribution in [0.4, 0.5) is 10.1 Å². The molecule has 2 rings (SSSR count). The lowest BCUT2D eigenvalue weighted by atomic mass is 10.1. The third kappa shape index (κ3) is 2.62. The summed E-state index contributed by atoms with van der Waals surface area (Å²) >= 11 is 0. The lowest BCUT2D eigenvalue weighted by molar-refractivity contribution is 0.194. The van der Waals surface area contributed by atoms with Gasteiger partial charge in [0.05, 0.1) is 18.6 Å². The topological polar surface area (TPSA) is 47.3 Å². The summed E-state index contributed by atoms with van der Waals surface area (Å²) in [5.41, 5.74) is 1.06. The summed E-state index contributed by atoms with van der Waals surface area (Å²) in [6.07, 6.45) is 1.71. The number of hydrogen-bond donors (Lipinski definition) is 1. The van der Waals surface area contributed by atoms with Crippen LogP contribution in [-0.2, 0) is 0 Å². The molecule has 0 aromatic heterocycles. The molecule has 1 aromatic carbocycles. The van der Waals surface area contributed by atoms with Crippen molar-refractivity contribution in [1.82, 2.24) is 0 Å². The van der Waals surface area contributed by atoms with E-state index in [1.807, 2.05) is 11.0 Å². The van der Waals surface area contributed by atoms with E-state index in [4.69, 9.17) is 5.26 Å². The van der Waals surface area contributed by atoms with E-state index in [-0.39, 0.29) is 5.82 Å². The summed E-state index contributed by atoms with van der Waals surface area (Å²) in [5.74, 6) is -0.384. The first-order valence-corrected chi connectivity index (χ1v) is 6.25. The fourth-order valence-corrected chi connectivity index (χ4v) is 2.25. The molecular formula is C14H17FN2O. The van der Waals surface area contributed by atoms with E-state index in [9.17, 15) is 9.50 Å². The van der Waals surface area contributed by atoms with E-state index in [0.29, 0.717) is 24.6 Å². The molecule has 1 saturated carbocycles. The van der Waals surface area contributed by atoms with Gasteiger partial charge in [-0.15, -0.1) is 0 Å². The van der Waals surface area contributed by atoms with Crippen LogP contribution in [0.2, 0.25) is 0 Å². The predicted octanol–water partition coefficient (Wildman–Crippen LogP) is 2.76. The molecule has 4 heteroatoms. The molecule has 0 heterocycles. The van der Waals surface area contributed by atoms with E-state index in [1.54, 1.807) is 13.0 Å². The van der Waals surface area contributed by atoms with E-state index >= 15 is 0 Å². The van der Waals surface area contributed by atoms with Crippen molar-refractivity contribution >= 4 is 5.69 Å². The third-order valence-corrected chi connectivity index (χ3v) is 3.21. The first kappa shape index (κ1) is 12.8. The van der Waals surface area contributed by atoms with Crippen molar-refractivity contribution in [2.75, 3.05) is 11.4 Å². The van der Waals surface area contributed by atoms with Gasteiger partial charge in [-0.3, -0.25) is 0 Å². The quantitative estimate of drug-likeness (QED) is 0.871. The molecule has 3 nitrogen and oxygen atoms in total. The highest BCUT2D eigenvalue weighted by Gasteiger charge is 2.31. The number of rotatable bonds is 5. The molecule has 1 unspecified atom stereocenters. The molecule has 18 heavy (non-hydrogen) atoms. The monoisotopic (exact) mass is 248 g/mol. The lowest BCUT2D eigenvalue weighted by Gasteiger charge is -2.27.